The van der Waals surface area contributed by atoms with Gasteiger partial charge < -0.3 is 10.6 Å². The maximum Gasteiger partial charge on any atom is 0.251 e. The molecule has 0 heterocycles. The lowest BCUT2D eigenvalue weighted by Crippen LogP contribution is -2.31. The van der Waals surface area contributed by atoms with Crippen molar-refractivity contribution >= 4 is 11.8 Å². The molecule has 0 radical (unpaired) electrons. The Hall–Kier alpha value is -1.91. The first kappa shape index (κ1) is 14.2. The number of benzene rings is 1. The molecule has 1 rings (SSSR count). The van der Waals surface area contributed by atoms with Crippen LogP contribution in [0.25, 0.3) is 0 Å². The highest BCUT2D eigenvalue weighted by Crippen LogP contribution is 2.02. The monoisotopic (exact) mass is 252 g/mol. The molecule has 0 bridgehead atoms. The molecule has 5 heteroatoms. The molecule has 18 heavy (non-hydrogen) atoms. The first-order valence-electron chi connectivity index (χ1n) is 5.94. The van der Waals surface area contributed by atoms with Crippen LogP contribution in [-0.2, 0) is 4.79 Å². The number of carbonyl (C=O) groups is 2. The lowest BCUT2D eigenvalue weighted by molar-refractivity contribution is -0.120. The van der Waals surface area contributed by atoms with Crippen LogP contribution in [0, 0.1) is 5.82 Å². The van der Waals surface area contributed by atoms with Gasteiger partial charge in [0.05, 0.1) is 0 Å². The summed E-state index contributed by atoms with van der Waals surface area (Å²) in [5.74, 6) is -0.778. The molecule has 2 amide bonds. The van der Waals surface area contributed by atoms with Crippen molar-refractivity contribution in [1.82, 2.24) is 10.6 Å². The molecule has 2 N–H and O–H groups in total. The molecule has 98 valence electrons. The van der Waals surface area contributed by atoms with Crippen molar-refractivity contribution in [3.63, 3.8) is 0 Å². The van der Waals surface area contributed by atoms with E-state index in [0.717, 1.165) is 6.42 Å². The fourth-order valence-electron chi connectivity index (χ4n) is 1.35. The second kappa shape index (κ2) is 7.42. The van der Waals surface area contributed by atoms with E-state index in [9.17, 15) is 14.0 Å². The van der Waals surface area contributed by atoms with Crippen molar-refractivity contribution in [1.29, 1.82) is 0 Å². The lowest BCUT2D eigenvalue weighted by atomic mass is 10.2. The lowest BCUT2D eigenvalue weighted by Gasteiger charge is -2.05. The van der Waals surface area contributed by atoms with Crippen LogP contribution in [0.15, 0.2) is 24.3 Å². The number of amides is 2. The standard InChI is InChI=1S/C13H17FN2O2/c1-2-8-15-12(17)7-9-16-13(18)10-3-5-11(14)6-4-10/h3-6H,2,7-9H2,1H3,(H,15,17)(H,16,18). The third-order valence-corrected chi connectivity index (χ3v) is 2.32. The predicted octanol–water partition coefficient (Wildman–Crippen LogP) is 1.47. The van der Waals surface area contributed by atoms with E-state index >= 15 is 0 Å². The Bertz CT molecular complexity index is 404. The van der Waals surface area contributed by atoms with Gasteiger partial charge in [0.1, 0.15) is 5.82 Å². The summed E-state index contributed by atoms with van der Waals surface area (Å²) in [5.41, 5.74) is 0.380. The van der Waals surface area contributed by atoms with Crippen LogP contribution in [0.3, 0.4) is 0 Å². The predicted molar refractivity (Wildman–Crippen MR) is 66.7 cm³/mol. The maximum atomic E-state index is 12.6. The third kappa shape index (κ3) is 4.95. The van der Waals surface area contributed by atoms with E-state index in [-0.39, 0.29) is 30.6 Å². The molecule has 0 saturated heterocycles. The van der Waals surface area contributed by atoms with Crippen LogP contribution in [0.4, 0.5) is 4.39 Å². The van der Waals surface area contributed by atoms with E-state index in [2.05, 4.69) is 10.6 Å². The van der Waals surface area contributed by atoms with Gasteiger partial charge >= 0.3 is 0 Å². The highest BCUT2D eigenvalue weighted by molar-refractivity contribution is 5.94. The number of carbonyl (C=O) groups excluding carboxylic acids is 2. The number of rotatable bonds is 6. The number of halogens is 1. The van der Waals surface area contributed by atoms with Crippen molar-refractivity contribution in [2.24, 2.45) is 0 Å². The smallest absolute Gasteiger partial charge is 0.251 e. The van der Waals surface area contributed by atoms with Gasteiger partial charge in [-0.1, -0.05) is 6.92 Å². The molecule has 0 aliphatic heterocycles. The molecule has 4 nitrogen and oxygen atoms in total. The van der Waals surface area contributed by atoms with Gasteiger partial charge in [0.25, 0.3) is 5.91 Å². The minimum absolute atomic E-state index is 0.0868. The first-order chi connectivity index (χ1) is 8.63. The van der Waals surface area contributed by atoms with Crippen LogP contribution in [-0.4, -0.2) is 24.9 Å². The number of hydrogen-bond donors (Lipinski definition) is 2. The number of hydrogen-bond acceptors (Lipinski definition) is 2. The molecular formula is C13H17FN2O2. The van der Waals surface area contributed by atoms with Crippen molar-refractivity contribution in [2.45, 2.75) is 19.8 Å². The molecule has 1 aromatic rings. The zero-order valence-corrected chi connectivity index (χ0v) is 10.3. The Morgan fingerprint density at radius 3 is 2.39 bits per heavy atom. The minimum atomic E-state index is -0.384. The topological polar surface area (TPSA) is 58.2 Å². The van der Waals surface area contributed by atoms with E-state index < -0.39 is 0 Å². The van der Waals surface area contributed by atoms with Crippen molar-refractivity contribution in [2.75, 3.05) is 13.1 Å². The summed E-state index contributed by atoms with van der Waals surface area (Å²) in [6.07, 6.45) is 1.13. The molecule has 0 atom stereocenters. The SMILES string of the molecule is CCCNC(=O)CCNC(=O)c1ccc(F)cc1. The molecule has 0 unspecified atom stereocenters. The van der Waals surface area contributed by atoms with Gasteiger partial charge in [-0.15, -0.1) is 0 Å². The molecule has 0 aliphatic rings. The van der Waals surface area contributed by atoms with E-state index in [0.29, 0.717) is 12.1 Å². The van der Waals surface area contributed by atoms with Gasteiger partial charge in [0, 0.05) is 25.1 Å². The Morgan fingerprint density at radius 2 is 1.78 bits per heavy atom. The number of nitrogens with one attached hydrogen (secondary N) is 2. The largest absolute Gasteiger partial charge is 0.356 e. The van der Waals surface area contributed by atoms with E-state index in [1.165, 1.54) is 24.3 Å². The fourth-order valence-corrected chi connectivity index (χ4v) is 1.35. The minimum Gasteiger partial charge on any atom is -0.356 e. The molecule has 0 aliphatic carbocycles. The third-order valence-electron chi connectivity index (χ3n) is 2.32. The Morgan fingerprint density at radius 1 is 1.11 bits per heavy atom. The van der Waals surface area contributed by atoms with Gasteiger partial charge in [0.2, 0.25) is 5.91 Å². The zero-order valence-electron chi connectivity index (χ0n) is 10.3. The molecule has 1 aromatic carbocycles. The van der Waals surface area contributed by atoms with Crippen LogP contribution < -0.4 is 10.6 Å². The Labute approximate surface area is 106 Å². The molecule has 0 saturated carbocycles. The first-order valence-corrected chi connectivity index (χ1v) is 5.94. The second-order valence-electron chi connectivity index (χ2n) is 3.86. The van der Waals surface area contributed by atoms with E-state index in [4.69, 9.17) is 0 Å². The molecule has 0 fully saturated rings. The zero-order chi connectivity index (χ0) is 13.4. The van der Waals surface area contributed by atoms with Crippen LogP contribution in [0.2, 0.25) is 0 Å². The van der Waals surface area contributed by atoms with Gasteiger partial charge in [-0.05, 0) is 30.7 Å². The highest BCUT2D eigenvalue weighted by Gasteiger charge is 2.06. The van der Waals surface area contributed by atoms with Crippen molar-refractivity contribution in [3.8, 4) is 0 Å². The van der Waals surface area contributed by atoms with Crippen LogP contribution in [0.5, 0.6) is 0 Å². The van der Waals surface area contributed by atoms with Crippen LogP contribution >= 0.6 is 0 Å². The second-order valence-corrected chi connectivity index (χ2v) is 3.86. The average Bonchev–Trinajstić information content (AvgIpc) is 2.37. The van der Waals surface area contributed by atoms with E-state index in [1.54, 1.807) is 0 Å². The Balaban J connectivity index is 2.29. The van der Waals surface area contributed by atoms with Crippen LogP contribution in [0.1, 0.15) is 30.1 Å². The summed E-state index contributed by atoms with van der Waals surface area (Å²) < 4.78 is 12.6. The molecule has 0 aromatic heterocycles. The average molecular weight is 252 g/mol. The highest BCUT2D eigenvalue weighted by atomic mass is 19.1. The maximum absolute atomic E-state index is 12.6. The summed E-state index contributed by atoms with van der Waals surface area (Å²) in [6.45, 7) is 2.88. The van der Waals surface area contributed by atoms with Gasteiger partial charge in [-0.2, -0.15) is 0 Å². The summed E-state index contributed by atoms with van der Waals surface area (Å²) >= 11 is 0. The quantitative estimate of drug-likeness (QED) is 0.805. The normalized spacial score (nSPS) is 9.89. The summed E-state index contributed by atoms with van der Waals surface area (Å²) in [6, 6.07) is 5.26. The summed E-state index contributed by atoms with van der Waals surface area (Å²) in [5, 5.41) is 5.32. The molecule has 0 spiro atoms. The summed E-state index contributed by atoms with van der Waals surface area (Å²) in [7, 11) is 0. The Kier molecular flexibility index (Phi) is 5.84. The fraction of sp³-hybridized carbons (Fsp3) is 0.385. The van der Waals surface area contributed by atoms with Gasteiger partial charge in [0.15, 0.2) is 0 Å². The van der Waals surface area contributed by atoms with Crippen molar-refractivity contribution < 1.29 is 14.0 Å². The van der Waals surface area contributed by atoms with Crippen molar-refractivity contribution in [3.05, 3.63) is 35.6 Å². The van der Waals surface area contributed by atoms with E-state index in [1.807, 2.05) is 6.92 Å². The molecular weight excluding hydrogens is 235 g/mol. The van der Waals surface area contributed by atoms with Gasteiger partial charge in [-0.25, -0.2) is 4.39 Å². The summed E-state index contributed by atoms with van der Waals surface area (Å²) in [4.78, 5) is 22.8. The van der Waals surface area contributed by atoms with Gasteiger partial charge in [-0.3, -0.25) is 9.59 Å².